The van der Waals surface area contributed by atoms with Gasteiger partial charge in [0.05, 0.1) is 11.8 Å². The largest absolute Gasteiger partial charge is 0.367 e. The van der Waals surface area contributed by atoms with Gasteiger partial charge in [-0.3, -0.25) is 14.1 Å². The van der Waals surface area contributed by atoms with Crippen LogP contribution in [-0.4, -0.2) is 74.2 Å². The number of carbonyl (C=O) groups is 2. The number of allylic oxidation sites excluding steroid dienone is 6. The predicted molar refractivity (Wildman–Crippen MR) is 264 cm³/mol. The van der Waals surface area contributed by atoms with E-state index in [1.54, 1.807) is 6.92 Å². The minimum Gasteiger partial charge on any atom is -0.367 e. The van der Waals surface area contributed by atoms with Crippen LogP contribution in [0.15, 0.2) is 102 Å². The van der Waals surface area contributed by atoms with Gasteiger partial charge < -0.3 is 26.2 Å². The van der Waals surface area contributed by atoms with Crippen LogP contribution in [0.3, 0.4) is 0 Å². The molecule has 0 bridgehead atoms. The number of likely N-dealkylation sites (tertiary alicyclic amines) is 1. The van der Waals surface area contributed by atoms with Gasteiger partial charge in [-0.2, -0.15) is 8.42 Å². The molecule has 64 heavy (non-hydrogen) atoms. The first-order chi connectivity index (χ1) is 30.4. The molecule has 3 atom stereocenters. The molecular weight excluding hydrogens is 819 g/mol. The number of rotatable bonds is 21. The second kappa shape index (κ2) is 22.8. The molecule has 344 valence electrons. The van der Waals surface area contributed by atoms with E-state index >= 15 is 0 Å². The summed E-state index contributed by atoms with van der Waals surface area (Å²) in [5.41, 5.74) is 5.75. The molecule has 3 unspecified atom stereocenters. The zero-order chi connectivity index (χ0) is 46.6. The summed E-state index contributed by atoms with van der Waals surface area (Å²) in [6.45, 7) is 24.9. The molecule has 0 spiro atoms. The van der Waals surface area contributed by atoms with Crippen LogP contribution in [0.5, 0.6) is 0 Å². The maximum absolute atomic E-state index is 12.1. The van der Waals surface area contributed by atoms with Gasteiger partial charge in [0.15, 0.2) is 0 Å². The zero-order valence-corrected chi connectivity index (χ0v) is 40.1. The Morgan fingerprint density at radius 1 is 0.859 bits per heavy atom. The molecule has 5 rings (SSSR count). The van der Waals surface area contributed by atoms with Crippen LogP contribution in [-0.2, 0) is 32.8 Å². The van der Waals surface area contributed by atoms with E-state index in [9.17, 15) is 22.6 Å². The Morgan fingerprint density at radius 3 is 2.08 bits per heavy atom. The van der Waals surface area contributed by atoms with E-state index in [1.807, 2.05) is 13.8 Å². The fourth-order valence-corrected chi connectivity index (χ4v) is 9.17. The maximum Gasteiger partial charge on any atom is 0.264 e. The lowest BCUT2D eigenvalue weighted by molar-refractivity contribution is -0.124. The van der Waals surface area contributed by atoms with Crippen molar-refractivity contribution in [3.63, 3.8) is 0 Å². The third-order valence-corrected chi connectivity index (χ3v) is 13.5. The molecule has 2 amide bonds. The van der Waals surface area contributed by atoms with Crippen LogP contribution in [0.4, 0.5) is 0 Å². The Labute approximate surface area is 382 Å². The number of carbonyl (C=O) groups excluding carboxylic acids is 2. The van der Waals surface area contributed by atoms with Crippen LogP contribution in [0.25, 0.3) is 21.5 Å². The van der Waals surface area contributed by atoms with Crippen molar-refractivity contribution in [1.29, 1.82) is 0 Å². The highest BCUT2D eigenvalue weighted by Gasteiger charge is 2.48. The third-order valence-electron chi connectivity index (χ3n) is 12.7. The average Bonchev–Trinajstić information content (AvgIpc) is 3.46. The van der Waals surface area contributed by atoms with Gasteiger partial charge in [0, 0.05) is 72.4 Å². The van der Waals surface area contributed by atoms with Gasteiger partial charge in [-0.1, -0.05) is 122 Å². The minimum absolute atomic E-state index is 0.0437. The second-order valence-corrected chi connectivity index (χ2v) is 20.2. The highest BCUT2D eigenvalue weighted by atomic mass is 32.2. The van der Waals surface area contributed by atoms with Crippen molar-refractivity contribution in [3.05, 3.63) is 119 Å². The van der Waals surface area contributed by atoms with Crippen LogP contribution in [0.2, 0.25) is 0 Å². The molecule has 0 aromatic heterocycles. The molecule has 5 N–H and O–H groups in total. The van der Waals surface area contributed by atoms with E-state index in [1.165, 1.54) is 21.9 Å². The van der Waals surface area contributed by atoms with Gasteiger partial charge in [0.2, 0.25) is 11.8 Å². The highest BCUT2D eigenvalue weighted by Crippen LogP contribution is 2.50. The Morgan fingerprint density at radius 2 is 1.47 bits per heavy atom. The van der Waals surface area contributed by atoms with E-state index in [4.69, 9.17) is 0 Å². The first-order valence-electron chi connectivity index (χ1n) is 23.0. The summed E-state index contributed by atoms with van der Waals surface area (Å²) in [5, 5.41) is 17.9. The van der Waals surface area contributed by atoms with Gasteiger partial charge >= 0.3 is 0 Å². The normalized spacial score (nSPS) is 18.1. The van der Waals surface area contributed by atoms with Crippen molar-refractivity contribution in [2.45, 2.75) is 93.8 Å². The van der Waals surface area contributed by atoms with Crippen LogP contribution in [0.1, 0.15) is 91.3 Å². The molecule has 0 saturated carbocycles. The smallest absolute Gasteiger partial charge is 0.264 e. The molecule has 1 fully saturated rings. The van der Waals surface area contributed by atoms with Crippen LogP contribution < -0.4 is 21.3 Å². The number of amides is 2. The standard InChI is InChI=1S/C53H71N5O5S/c1-36(2)39(7)41(24-26-50-53(8,9)48-19-12-13-20-49(48)58(50)31-16-32-64(61,62)63)23-21-40-22-25-44-45(33-40)47(35-55-28-15-30-57-52(60)38(5)6)43-18-11-10-17-42(43)46(44)34-54-27-14-29-56-51(59)37(3)4/h10-13,17-20,22,24-26,33,36,38-39,48-49,54-55H,3,14-16,27-32,34-35H2,1-2,4-9H3,(H,56,59)(H,57,60)(H,61,62,63)/b41-24+,50-26-. The second-order valence-electron chi connectivity index (χ2n) is 18.6. The van der Waals surface area contributed by atoms with Gasteiger partial charge in [-0.05, 0) is 108 Å². The zero-order valence-electron chi connectivity index (χ0n) is 39.3. The van der Waals surface area contributed by atoms with E-state index in [0.29, 0.717) is 50.6 Å². The molecule has 3 aromatic rings. The molecule has 11 heteroatoms. The van der Waals surface area contributed by atoms with Gasteiger partial charge in [-0.15, -0.1) is 0 Å². The molecule has 3 aromatic carbocycles. The average molecular weight is 890 g/mol. The van der Waals surface area contributed by atoms with E-state index < -0.39 is 10.1 Å². The fourth-order valence-electron chi connectivity index (χ4n) is 8.68. The van der Waals surface area contributed by atoms with Gasteiger partial charge in [0.25, 0.3) is 10.1 Å². The number of nitrogens with one attached hydrogen (secondary N) is 4. The third kappa shape index (κ3) is 13.1. The summed E-state index contributed by atoms with van der Waals surface area (Å²) >= 11 is 0. The quantitative estimate of drug-likeness (QED) is 0.0236. The van der Waals surface area contributed by atoms with E-state index in [2.05, 4.69) is 158 Å². The summed E-state index contributed by atoms with van der Waals surface area (Å²) in [7, 11) is -4.07. The summed E-state index contributed by atoms with van der Waals surface area (Å²) in [6.07, 6.45) is 14.9. The summed E-state index contributed by atoms with van der Waals surface area (Å²) in [6, 6.07) is 15.2. The van der Waals surface area contributed by atoms with Crippen molar-refractivity contribution < 1.29 is 22.6 Å². The molecule has 2 aliphatic rings. The molecule has 1 saturated heterocycles. The Hall–Kier alpha value is -4.99. The number of hydrogen-bond donors (Lipinski definition) is 5. The molecule has 1 heterocycles. The Bertz CT molecular complexity index is 2470. The first kappa shape index (κ1) is 50.0. The van der Waals surface area contributed by atoms with E-state index in [0.717, 1.165) is 53.5 Å². The monoisotopic (exact) mass is 890 g/mol. The van der Waals surface area contributed by atoms with Crippen LogP contribution >= 0.6 is 0 Å². The molecule has 1 aliphatic heterocycles. The first-order valence-corrected chi connectivity index (χ1v) is 24.6. The Kier molecular flexibility index (Phi) is 17.8. The lowest BCUT2D eigenvalue weighted by Gasteiger charge is -2.28. The van der Waals surface area contributed by atoms with Crippen molar-refractivity contribution in [2.75, 3.05) is 38.5 Å². The number of hydrogen-bond acceptors (Lipinski definition) is 7. The summed E-state index contributed by atoms with van der Waals surface area (Å²) in [4.78, 5) is 26.4. The highest BCUT2D eigenvalue weighted by molar-refractivity contribution is 7.85. The van der Waals surface area contributed by atoms with E-state index in [-0.39, 0.29) is 46.8 Å². The lowest BCUT2D eigenvalue weighted by Crippen LogP contribution is -2.32. The predicted octanol–water partition coefficient (Wildman–Crippen LogP) is 8.60. The van der Waals surface area contributed by atoms with Gasteiger partial charge in [0.1, 0.15) is 0 Å². The minimum atomic E-state index is -4.07. The van der Waals surface area contributed by atoms with Crippen LogP contribution in [0, 0.1) is 40.9 Å². The number of fused-ring (bicyclic) bond motifs is 3. The van der Waals surface area contributed by atoms with Crippen molar-refractivity contribution in [2.24, 2.45) is 29.1 Å². The maximum atomic E-state index is 12.1. The fraction of sp³-hybridized carbons (Fsp3) is 0.472. The SMILES string of the molecule is C=C(C)C(=O)NCCCNCc1c2ccccc2c(CNCCCNC(=O)C(C)C)c2cc(C#C/C(=C\C=C3/N(CCCS(=O)(=O)O)C4C=CC=CC4C3(C)C)C(C)C(C)C)ccc12. The molecular formula is C53H71N5O5S. The number of nitrogens with zero attached hydrogens (tertiary/aromatic N) is 1. The van der Waals surface area contributed by atoms with Crippen molar-refractivity contribution in [1.82, 2.24) is 26.2 Å². The Balaban J connectivity index is 1.51. The molecule has 1 aliphatic carbocycles. The summed E-state index contributed by atoms with van der Waals surface area (Å²) < 4.78 is 32.9. The topological polar surface area (TPSA) is 140 Å². The lowest BCUT2D eigenvalue weighted by atomic mass is 9.75. The van der Waals surface area contributed by atoms with Crippen molar-refractivity contribution >= 4 is 43.5 Å². The number of benzene rings is 3. The van der Waals surface area contributed by atoms with Gasteiger partial charge in [-0.25, -0.2) is 0 Å². The van der Waals surface area contributed by atoms with Crippen molar-refractivity contribution in [3.8, 4) is 11.8 Å². The molecule has 0 radical (unpaired) electrons. The summed E-state index contributed by atoms with van der Waals surface area (Å²) in [5.74, 6) is 7.52. The molecule has 10 nitrogen and oxygen atoms in total.